The van der Waals surface area contributed by atoms with Gasteiger partial charge in [-0.3, -0.25) is 14.4 Å². The lowest BCUT2D eigenvalue weighted by Crippen LogP contribution is -2.53. The highest BCUT2D eigenvalue weighted by molar-refractivity contribution is 6.05. The Hall–Kier alpha value is -3.23. The van der Waals surface area contributed by atoms with Gasteiger partial charge in [-0.25, -0.2) is 0 Å². The van der Waals surface area contributed by atoms with E-state index in [1.165, 1.54) is 0 Å². The van der Waals surface area contributed by atoms with Crippen molar-refractivity contribution < 1.29 is 24.2 Å². The van der Waals surface area contributed by atoms with Crippen LogP contribution in [0.1, 0.15) is 43.7 Å². The fourth-order valence-corrected chi connectivity index (χ4v) is 6.57. The van der Waals surface area contributed by atoms with Gasteiger partial charge in [0.1, 0.15) is 11.6 Å². The number of nitrogens with one attached hydrogen (secondary N) is 2. The number of nitrogens with zero attached hydrogens (tertiary/aromatic N) is 1. The monoisotopic (exact) mass is 505 g/mol. The summed E-state index contributed by atoms with van der Waals surface area (Å²) in [5, 5.41) is 15.3. The number of amides is 3. The van der Waals surface area contributed by atoms with E-state index in [4.69, 9.17) is 4.74 Å². The highest BCUT2D eigenvalue weighted by Crippen LogP contribution is 2.63. The van der Waals surface area contributed by atoms with Gasteiger partial charge in [-0.05, 0) is 75.8 Å². The van der Waals surface area contributed by atoms with Gasteiger partial charge in [0.15, 0.2) is 0 Å². The first kappa shape index (κ1) is 25.4. The maximum Gasteiger partial charge on any atom is 0.250 e. The Labute approximate surface area is 217 Å². The number of aliphatic hydroxyl groups is 1. The molecule has 3 aliphatic heterocycles. The molecule has 0 saturated carbocycles. The third-order valence-electron chi connectivity index (χ3n) is 8.31. The van der Waals surface area contributed by atoms with Crippen molar-refractivity contribution in [3.8, 4) is 0 Å². The van der Waals surface area contributed by atoms with Crippen molar-refractivity contribution in [3.05, 3.63) is 59.7 Å². The zero-order chi connectivity index (χ0) is 26.4. The Morgan fingerprint density at radius 3 is 2.54 bits per heavy atom. The number of carbonyl (C=O) groups is 3. The Morgan fingerprint density at radius 2 is 1.81 bits per heavy atom. The van der Waals surface area contributed by atoms with E-state index in [1.807, 2.05) is 69.3 Å². The van der Waals surface area contributed by atoms with Gasteiger partial charge in [0, 0.05) is 24.5 Å². The number of hydrogen-bond donors (Lipinski definition) is 3. The van der Waals surface area contributed by atoms with E-state index in [0.717, 1.165) is 11.1 Å². The topological polar surface area (TPSA) is 108 Å². The van der Waals surface area contributed by atoms with Gasteiger partial charge < -0.3 is 25.4 Å². The number of para-hydroxylation sites is 1. The van der Waals surface area contributed by atoms with Gasteiger partial charge >= 0.3 is 0 Å². The minimum absolute atomic E-state index is 0.00658. The number of ether oxygens (including phenoxy) is 1. The SMILES string of the molecule is Cc1ccc(C)c(NC(=O)C2N(CCCCO)C(=O)[C@@H]3[C@H](C(=O)Nc4ccccc4)[C@]4(C)CCC23O4)c1. The molecule has 37 heavy (non-hydrogen) atoms. The second-order valence-corrected chi connectivity index (χ2v) is 10.9. The van der Waals surface area contributed by atoms with Gasteiger partial charge in [0.2, 0.25) is 17.7 Å². The number of aliphatic hydroxyl groups excluding tert-OH is 1. The van der Waals surface area contributed by atoms with Crippen LogP contribution in [0.25, 0.3) is 0 Å². The van der Waals surface area contributed by atoms with Crippen molar-refractivity contribution in [1.29, 1.82) is 0 Å². The summed E-state index contributed by atoms with van der Waals surface area (Å²) in [5.74, 6) is -2.26. The highest BCUT2D eigenvalue weighted by Gasteiger charge is 2.77. The summed E-state index contributed by atoms with van der Waals surface area (Å²) < 4.78 is 6.64. The first-order chi connectivity index (χ1) is 17.7. The maximum absolute atomic E-state index is 14.0. The molecule has 2 unspecified atom stereocenters. The summed E-state index contributed by atoms with van der Waals surface area (Å²) in [6, 6.07) is 14.2. The van der Waals surface area contributed by atoms with Crippen LogP contribution in [0.3, 0.4) is 0 Å². The molecule has 2 bridgehead atoms. The molecule has 3 fully saturated rings. The fourth-order valence-electron chi connectivity index (χ4n) is 6.57. The Balaban J connectivity index is 1.50. The zero-order valence-electron chi connectivity index (χ0n) is 21.6. The molecule has 2 aromatic carbocycles. The van der Waals surface area contributed by atoms with Crippen molar-refractivity contribution in [2.24, 2.45) is 11.8 Å². The molecule has 5 atom stereocenters. The lowest BCUT2D eigenvalue weighted by atomic mass is 9.66. The van der Waals surface area contributed by atoms with Crippen LogP contribution in [0.4, 0.5) is 11.4 Å². The quantitative estimate of drug-likeness (QED) is 0.477. The van der Waals surface area contributed by atoms with Crippen LogP contribution in [-0.2, 0) is 19.1 Å². The van der Waals surface area contributed by atoms with E-state index in [1.54, 1.807) is 4.90 Å². The van der Waals surface area contributed by atoms with Gasteiger partial charge in [0.05, 0.1) is 17.4 Å². The Bertz CT molecular complexity index is 1220. The molecule has 196 valence electrons. The zero-order valence-corrected chi connectivity index (χ0v) is 21.6. The molecule has 0 radical (unpaired) electrons. The van der Waals surface area contributed by atoms with Gasteiger partial charge in [-0.15, -0.1) is 0 Å². The second kappa shape index (κ2) is 9.58. The average Bonchev–Trinajstić information content (AvgIpc) is 3.43. The summed E-state index contributed by atoms with van der Waals surface area (Å²) in [6.07, 6.45) is 2.18. The summed E-state index contributed by atoms with van der Waals surface area (Å²) >= 11 is 0. The summed E-state index contributed by atoms with van der Waals surface area (Å²) in [6.45, 7) is 6.10. The van der Waals surface area contributed by atoms with E-state index in [-0.39, 0.29) is 24.3 Å². The lowest BCUT2D eigenvalue weighted by Gasteiger charge is -2.33. The third-order valence-corrected chi connectivity index (χ3v) is 8.31. The maximum atomic E-state index is 14.0. The molecule has 3 heterocycles. The minimum Gasteiger partial charge on any atom is -0.396 e. The molecule has 0 aliphatic carbocycles. The molecular weight excluding hydrogens is 470 g/mol. The van der Waals surface area contributed by atoms with Crippen molar-refractivity contribution in [2.75, 3.05) is 23.8 Å². The normalized spacial score (nSPS) is 29.9. The molecule has 3 N–H and O–H groups in total. The third kappa shape index (κ3) is 4.22. The van der Waals surface area contributed by atoms with Crippen LogP contribution in [0, 0.1) is 25.7 Å². The number of likely N-dealkylation sites (tertiary alicyclic amines) is 1. The Morgan fingerprint density at radius 1 is 1.05 bits per heavy atom. The number of hydrogen-bond acceptors (Lipinski definition) is 5. The number of benzene rings is 2. The Kier molecular flexibility index (Phi) is 6.58. The fraction of sp³-hybridized carbons (Fsp3) is 0.483. The standard InChI is InChI=1S/C29H35N3O5/c1-18-11-12-19(2)21(17-18)31-26(35)24-29-14-13-28(3,37-29)22(25(34)30-20-9-5-4-6-10-20)23(29)27(36)32(24)15-7-8-16-33/h4-6,9-12,17,22-24,33H,7-8,13-16H2,1-3H3,(H,30,34)(H,31,35)/t22-,23+,24?,28+,29?/m1/s1. The molecule has 0 aromatic heterocycles. The summed E-state index contributed by atoms with van der Waals surface area (Å²) in [7, 11) is 0. The summed E-state index contributed by atoms with van der Waals surface area (Å²) in [4.78, 5) is 43.1. The number of anilines is 2. The van der Waals surface area contributed by atoms with E-state index in [2.05, 4.69) is 10.6 Å². The lowest BCUT2D eigenvalue weighted by molar-refractivity contribution is -0.143. The molecule has 5 rings (SSSR count). The van der Waals surface area contributed by atoms with Crippen molar-refractivity contribution in [2.45, 2.75) is 63.7 Å². The first-order valence-corrected chi connectivity index (χ1v) is 13.1. The molecular formula is C29H35N3O5. The first-order valence-electron chi connectivity index (χ1n) is 13.1. The van der Waals surface area contributed by atoms with Crippen LogP contribution in [0.15, 0.2) is 48.5 Å². The number of unbranched alkanes of at least 4 members (excludes halogenated alkanes) is 1. The molecule has 8 nitrogen and oxygen atoms in total. The van der Waals surface area contributed by atoms with Crippen LogP contribution in [0.2, 0.25) is 0 Å². The van der Waals surface area contributed by atoms with E-state index < -0.39 is 29.1 Å². The van der Waals surface area contributed by atoms with Crippen molar-refractivity contribution in [1.82, 2.24) is 4.90 Å². The summed E-state index contributed by atoms with van der Waals surface area (Å²) in [5.41, 5.74) is 1.38. The number of fused-ring (bicyclic) bond motifs is 1. The number of rotatable bonds is 8. The minimum atomic E-state index is -1.08. The molecule has 3 saturated heterocycles. The van der Waals surface area contributed by atoms with Crippen molar-refractivity contribution in [3.63, 3.8) is 0 Å². The van der Waals surface area contributed by atoms with E-state index in [0.29, 0.717) is 43.6 Å². The molecule has 1 spiro atoms. The van der Waals surface area contributed by atoms with Crippen molar-refractivity contribution >= 4 is 29.1 Å². The smallest absolute Gasteiger partial charge is 0.250 e. The van der Waals surface area contributed by atoms with Gasteiger partial charge in [-0.2, -0.15) is 0 Å². The number of aryl methyl sites for hydroxylation is 2. The molecule has 3 amide bonds. The van der Waals surface area contributed by atoms with Crippen LogP contribution >= 0.6 is 0 Å². The molecule has 3 aliphatic rings. The number of carbonyl (C=O) groups excluding carboxylic acids is 3. The molecule has 2 aromatic rings. The van der Waals surface area contributed by atoms with Gasteiger partial charge in [-0.1, -0.05) is 30.3 Å². The van der Waals surface area contributed by atoms with Crippen LogP contribution in [0.5, 0.6) is 0 Å². The largest absolute Gasteiger partial charge is 0.396 e. The van der Waals surface area contributed by atoms with Crippen LogP contribution < -0.4 is 10.6 Å². The molecule has 8 heteroatoms. The predicted molar refractivity (Wildman–Crippen MR) is 140 cm³/mol. The van der Waals surface area contributed by atoms with E-state index >= 15 is 0 Å². The highest BCUT2D eigenvalue weighted by atomic mass is 16.5. The average molecular weight is 506 g/mol. The van der Waals surface area contributed by atoms with E-state index in [9.17, 15) is 19.5 Å². The van der Waals surface area contributed by atoms with Gasteiger partial charge in [0.25, 0.3) is 0 Å². The second-order valence-electron chi connectivity index (χ2n) is 10.9. The van der Waals surface area contributed by atoms with Crippen LogP contribution in [-0.4, -0.2) is 58.1 Å². The predicted octanol–water partition coefficient (Wildman–Crippen LogP) is 3.42.